The Morgan fingerprint density at radius 2 is 2.14 bits per heavy atom. The summed E-state index contributed by atoms with van der Waals surface area (Å²) in [6.45, 7) is 6.28. The predicted octanol–water partition coefficient (Wildman–Crippen LogP) is 3.16. The standard InChI is InChI=1S/C16H23FN2O.ClH/c1-3-12(4-2)16(20)19-9-8-18-11-15(19)13-6-5-7-14(17)10-13;/h5-7,10,12,15,18H,3-4,8-9,11H2,1-2H3;1H. The molecule has 21 heavy (non-hydrogen) atoms. The van der Waals surface area contributed by atoms with Crippen LogP contribution in [0.2, 0.25) is 0 Å². The van der Waals surface area contributed by atoms with Gasteiger partial charge in [-0.3, -0.25) is 4.79 Å². The highest BCUT2D eigenvalue weighted by atomic mass is 35.5. The van der Waals surface area contributed by atoms with E-state index in [2.05, 4.69) is 5.32 Å². The van der Waals surface area contributed by atoms with Crippen molar-refractivity contribution in [3.05, 3.63) is 35.6 Å². The van der Waals surface area contributed by atoms with Gasteiger partial charge in [0.25, 0.3) is 0 Å². The molecule has 118 valence electrons. The van der Waals surface area contributed by atoms with E-state index < -0.39 is 0 Å². The molecule has 1 aromatic carbocycles. The van der Waals surface area contributed by atoms with Crippen molar-refractivity contribution in [2.75, 3.05) is 19.6 Å². The minimum absolute atomic E-state index is 0. The molecule has 0 saturated carbocycles. The van der Waals surface area contributed by atoms with Crippen LogP contribution in [-0.2, 0) is 4.79 Å². The molecule has 5 heteroatoms. The van der Waals surface area contributed by atoms with Crippen LogP contribution < -0.4 is 5.32 Å². The fourth-order valence-corrected chi connectivity index (χ4v) is 2.85. The number of piperazine rings is 1. The van der Waals surface area contributed by atoms with Crippen molar-refractivity contribution in [3.8, 4) is 0 Å². The fourth-order valence-electron chi connectivity index (χ4n) is 2.85. The average Bonchev–Trinajstić information content (AvgIpc) is 2.48. The normalized spacial score (nSPS) is 18.5. The maximum atomic E-state index is 13.4. The lowest BCUT2D eigenvalue weighted by molar-refractivity contribution is -0.139. The zero-order valence-electron chi connectivity index (χ0n) is 12.6. The number of halogens is 2. The Labute approximate surface area is 132 Å². The third-order valence-corrected chi connectivity index (χ3v) is 4.09. The molecule has 0 spiro atoms. The van der Waals surface area contributed by atoms with E-state index in [1.54, 1.807) is 6.07 Å². The fraction of sp³-hybridized carbons (Fsp3) is 0.562. The molecule has 3 nitrogen and oxygen atoms in total. The highest BCUT2D eigenvalue weighted by molar-refractivity contribution is 5.85. The summed E-state index contributed by atoms with van der Waals surface area (Å²) in [6, 6.07) is 6.51. The minimum atomic E-state index is -0.247. The van der Waals surface area contributed by atoms with E-state index in [0.717, 1.165) is 24.9 Å². The third kappa shape index (κ3) is 4.17. The quantitative estimate of drug-likeness (QED) is 0.926. The first-order valence-corrected chi connectivity index (χ1v) is 7.44. The molecule has 1 atom stereocenters. The Kier molecular flexibility index (Phi) is 7.12. The van der Waals surface area contributed by atoms with Crippen molar-refractivity contribution in [1.82, 2.24) is 10.2 Å². The molecular formula is C16H24ClFN2O. The third-order valence-electron chi connectivity index (χ3n) is 4.09. The Bertz CT molecular complexity index is 465. The monoisotopic (exact) mass is 314 g/mol. The smallest absolute Gasteiger partial charge is 0.226 e. The van der Waals surface area contributed by atoms with Gasteiger partial charge in [-0.15, -0.1) is 12.4 Å². The summed E-state index contributed by atoms with van der Waals surface area (Å²) in [7, 11) is 0. The number of nitrogens with one attached hydrogen (secondary N) is 1. The van der Waals surface area contributed by atoms with Crippen LogP contribution in [0.15, 0.2) is 24.3 Å². The van der Waals surface area contributed by atoms with Crippen molar-refractivity contribution in [2.45, 2.75) is 32.7 Å². The Morgan fingerprint density at radius 3 is 2.76 bits per heavy atom. The van der Waals surface area contributed by atoms with Crippen LogP contribution in [0.1, 0.15) is 38.3 Å². The van der Waals surface area contributed by atoms with Crippen molar-refractivity contribution in [1.29, 1.82) is 0 Å². The van der Waals surface area contributed by atoms with E-state index in [0.29, 0.717) is 13.1 Å². The molecule has 0 radical (unpaired) electrons. The van der Waals surface area contributed by atoms with Crippen LogP contribution in [0.4, 0.5) is 4.39 Å². The van der Waals surface area contributed by atoms with Crippen molar-refractivity contribution >= 4 is 18.3 Å². The molecule has 1 saturated heterocycles. The maximum Gasteiger partial charge on any atom is 0.226 e. The van der Waals surface area contributed by atoms with Gasteiger partial charge in [0.15, 0.2) is 0 Å². The number of rotatable bonds is 4. The van der Waals surface area contributed by atoms with E-state index >= 15 is 0 Å². The van der Waals surface area contributed by atoms with E-state index in [4.69, 9.17) is 0 Å². The van der Waals surface area contributed by atoms with Crippen LogP contribution in [0, 0.1) is 11.7 Å². The van der Waals surface area contributed by atoms with Gasteiger partial charge in [-0.2, -0.15) is 0 Å². The second-order valence-electron chi connectivity index (χ2n) is 5.32. The van der Waals surface area contributed by atoms with Gasteiger partial charge >= 0.3 is 0 Å². The topological polar surface area (TPSA) is 32.3 Å². The molecule has 1 unspecified atom stereocenters. The van der Waals surface area contributed by atoms with Gasteiger partial charge in [-0.25, -0.2) is 4.39 Å². The van der Waals surface area contributed by atoms with Crippen LogP contribution >= 0.6 is 12.4 Å². The first-order chi connectivity index (χ1) is 9.67. The van der Waals surface area contributed by atoms with Crippen LogP contribution in [0.5, 0.6) is 0 Å². The lowest BCUT2D eigenvalue weighted by Crippen LogP contribution is -2.50. The van der Waals surface area contributed by atoms with E-state index in [9.17, 15) is 9.18 Å². The summed E-state index contributed by atoms with van der Waals surface area (Å²) in [4.78, 5) is 14.6. The summed E-state index contributed by atoms with van der Waals surface area (Å²) < 4.78 is 13.4. The van der Waals surface area contributed by atoms with Gasteiger partial charge in [0.05, 0.1) is 6.04 Å². The maximum absolute atomic E-state index is 13.4. The molecule has 1 aromatic rings. The van der Waals surface area contributed by atoms with E-state index in [1.807, 2.05) is 24.8 Å². The molecule has 0 aromatic heterocycles. The highest BCUT2D eigenvalue weighted by Crippen LogP contribution is 2.26. The number of benzene rings is 1. The average molecular weight is 315 g/mol. The predicted molar refractivity (Wildman–Crippen MR) is 85.0 cm³/mol. The summed E-state index contributed by atoms with van der Waals surface area (Å²) in [5.74, 6) is 0.0259. The SMILES string of the molecule is CCC(CC)C(=O)N1CCNCC1c1cccc(F)c1.Cl. The summed E-state index contributed by atoms with van der Waals surface area (Å²) in [5, 5.41) is 3.30. The Hall–Kier alpha value is -1.13. The molecule has 1 aliphatic rings. The first-order valence-electron chi connectivity index (χ1n) is 7.44. The Morgan fingerprint density at radius 1 is 1.43 bits per heavy atom. The number of hydrogen-bond donors (Lipinski definition) is 1. The molecule has 0 aliphatic carbocycles. The van der Waals surface area contributed by atoms with Gasteiger partial charge in [0.2, 0.25) is 5.91 Å². The lowest BCUT2D eigenvalue weighted by Gasteiger charge is -2.38. The lowest BCUT2D eigenvalue weighted by atomic mass is 9.97. The van der Waals surface area contributed by atoms with E-state index in [-0.39, 0.29) is 36.1 Å². The number of carbonyl (C=O) groups excluding carboxylic acids is 1. The summed E-state index contributed by atoms with van der Waals surface area (Å²) in [5.41, 5.74) is 0.872. The van der Waals surface area contributed by atoms with Crippen molar-refractivity contribution < 1.29 is 9.18 Å². The van der Waals surface area contributed by atoms with E-state index in [1.165, 1.54) is 12.1 Å². The van der Waals surface area contributed by atoms with Gasteiger partial charge in [0, 0.05) is 25.6 Å². The molecule has 1 amide bonds. The first kappa shape index (κ1) is 17.9. The molecule has 1 heterocycles. The minimum Gasteiger partial charge on any atom is -0.333 e. The molecule has 0 bridgehead atoms. The highest BCUT2D eigenvalue weighted by Gasteiger charge is 2.30. The van der Waals surface area contributed by atoms with Gasteiger partial charge in [-0.1, -0.05) is 26.0 Å². The van der Waals surface area contributed by atoms with Crippen LogP contribution in [0.3, 0.4) is 0 Å². The van der Waals surface area contributed by atoms with Gasteiger partial charge in [-0.05, 0) is 30.5 Å². The van der Waals surface area contributed by atoms with Crippen LogP contribution in [-0.4, -0.2) is 30.4 Å². The number of hydrogen-bond acceptors (Lipinski definition) is 2. The number of amides is 1. The molecule has 1 aliphatic heterocycles. The molecule has 1 fully saturated rings. The Balaban J connectivity index is 0.00000220. The number of carbonyl (C=O) groups is 1. The second-order valence-corrected chi connectivity index (χ2v) is 5.32. The summed E-state index contributed by atoms with van der Waals surface area (Å²) >= 11 is 0. The molecule has 1 N–H and O–H groups in total. The molecular weight excluding hydrogens is 291 g/mol. The molecule has 2 rings (SSSR count). The zero-order chi connectivity index (χ0) is 14.5. The number of nitrogens with zero attached hydrogens (tertiary/aromatic N) is 1. The van der Waals surface area contributed by atoms with Gasteiger partial charge < -0.3 is 10.2 Å². The van der Waals surface area contributed by atoms with Crippen LogP contribution in [0.25, 0.3) is 0 Å². The van der Waals surface area contributed by atoms with Gasteiger partial charge in [0.1, 0.15) is 5.82 Å². The second kappa shape index (κ2) is 8.35. The summed E-state index contributed by atoms with van der Waals surface area (Å²) in [6.07, 6.45) is 1.71. The zero-order valence-corrected chi connectivity index (χ0v) is 13.5. The van der Waals surface area contributed by atoms with Crippen molar-refractivity contribution in [3.63, 3.8) is 0 Å². The largest absolute Gasteiger partial charge is 0.333 e. The van der Waals surface area contributed by atoms with Crippen molar-refractivity contribution in [2.24, 2.45) is 5.92 Å².